The van der Waals surface area contributed by atoms with Crippen LogP contribution in [0.1, 0.15) is 26.0 Å². The zero-order valence-corrected chi connectivity index (χ0v) is 14.3. The maximum atomic E-state index is 9.00. The van der Waals surface area contributed by atoms with E-state index in [4.69, 9.17) is 16.9 Å². The van der Waals surface area contributed by atoms with E-state index in [0.29, 0.717) is 10.8 Å². The van der Waals surface area contributed by atoms with Gasteiger partial charge in [-0.25, -0.2) is 4.98 Å². The molecule has 2 heterocycles. The number of aromatic nitrogens is 1. The third-order valence-electron chi connectivity index (χ3n) is 4.07. The topological polar surface area (TPSA) is 55.2 Å². The second-order valence-electron chi connectivity index (χ2n) is 6.54. The van der Waals surface area contributed by atoms with Crippen LogP contribution in [-0.2, 0) is 0 Å². The summed E-state index contributed by atoms with van der Waals surface area (Å²) >= 11 is 5.92. The monoisotopic (exact) mass is 321 g/mol. The Bertz CT molecular complexity index is 544. The van der Waals surface area contributed by atoms with Crippen molar-refractivity contribution in [2.24, 2.45) is 0 Å². The molecule has 0 spiro atoms. The number of anilines is 1. The lowest BCUT2D eigenvalue weighted by molar-refractivity contribution is 0.147. The van der Waals surface area contributed by atoms with Crippen LogP contribution >= 0.6 is 11.6 Å². The first-order chi connectivity index (χ1) is 10.4. The van der Waals surface area contributed by atoms with Gasteiger partial charge < -0.3 is 15.1 Å². The van der Waals surface area contributed by atoms with Crippen molar-refractivity contribution in [2.45, 2.75) is 25.8 Å². The lowest BCUT2D eigenvalue weighted by Gasteiger charge is -2.35. The quantitative estimate of drug-likeness (QED) is 0.902. The highest BCUT2D eigenvalue weighted by molar-refractivity contribution is 6.31. The number of nitriles is 1. The van der Waals surface area contributed by atoms with Gasteiger partial charge in [0.05, 0.1) is 5.02 Å². The minimum absolute atomic E-state index is 0.0864. The van der Waals surface area contributed by atoms with Crippen LogP contribution in [0, 0.1) is 11.3 Å². The molecule has 2 rings (SSSR count). The summed E-state index contributed by atoms with van der Waals surface area (Å²) in [6.45, 7) is 9.91. The normalized spacial score (nSPS) is 17.2. The molecule has 1 saturated heterocycles. The van der Waals surface area contributed by atoms with E-state index in [0.717, 1.165) is 39.1 Å². The van der Waals surface area contributed by atoms with E-state index in [1.807, 2.05) is 12.1 Å². The third kappa shape index (κ3) is 4.84. The van der Waals surface area contributed by atoms with Crippen LogP contribution in [0.4, 0.5) is 5.82 Å². The number of likely N-dealkylation sites (N-methyl/N-ethyl adjacent to an activating group) is 1. The smallest absolute Gasteiger partial charge is 0.161 e. The molecule has 0 unspecified atom stereocenters. The molecule has 5 nitrogen and oxygen atoms in total. The van der Waals surface area contributed by atoms with Gasteiger partial charge >= 0.3 is 0 Å². The summed E-state index contributed by atoms with van der Waals surface area (Å²) in [5, 5.41) is 12.8. The average molecular weight is 322 g/mol. The van der Waals surface area contributed by atoms with Crippen LogP contribution in [0.2, 0.25) is 5.02 Å². The average Bonchev–Trinajstić information content (AvgIpc) is 2.48. The number of nitrogens with zero attached hydrogens (tertiary/aromatic N) is 4. The fourth-order valence-electron chi connectivity index (χ4n) is 2.51. The van der Waals surface area contributed by atoms with Crippen LogP contribution in [-0.4, -0.2) is 60.1 Å². The number of hydrogen-bond acceptors (Lipinski definition) is 5. The van der Waals surface area contributed by atoms with Crippen molar-refractivity contribution in [3.05, 3.63) is 22.8 Å². The molecule has 1 aromatic heterocycles. The van der Waals surface area contributed by atoms with Gasteiger partial charge in [-0.2, -0.15) is 5.26 Å². The Morgan fingerprint density at radius 1 is 1.32 bits per heavy atom. The summed E-state index contributed by atoms with van der Waals surface area (Å²) in [4.78, 5) is 9.12. The predicted octanol–water partition coefficient (Wildman–Crippen LogP) is 2.43. The van der Waals surface area contributed by atoms with Gasteiger partial charge in [-0.05, 0) is 39.4 Å². The van der Waals surface area contributed by atoms with E-state index in [1.165, 1.54) is 0 Å². The van der Waals surface area contributed by atoms with Crippen molar-refractivity contribution >= 4 is 17.4 Å². The molecule has 1 N–H and O–H groups in total. The first-order valence-corrected chi connectivity index (χ1v) is 8.03. The molecule has 120 valence electrons. The lowest BCUT2D eigenvalue weighted by atomic mass is 10.00. The molecule has 1 fully saturated rings. The van der Waals surface area contributed by atoms with Gasteiger partial charge in [-0.1, -0.05) is 11.6 Å². The SMILES string of the molecule is CN1CCN(CCC(C)(C)Nc2ccc(Cl)c(C#N)n2)CC1. The Balaban J connectivity index is 1.89. The number of hydrogen-bond donors (Lipinski definition) is 1. The van der Waals surface area contributed by atoms with E-state index < -0.39 is 0 Å². The Labute approximate surface area is 137 Å². The summed E-state index contributed by atoms with van der Waals surface area (Å²) in [6.07, 6.45) is 1.02. The molecular formula is C16H24ClN5. The maximum absolute atomic E-state index is 9.00. The minimum Gasteiger partial charge on any atom is -0.365 e. The number of nitrogens with one attached hydrogen (secondary N) is 1. The fourth-order valence-corrected chi connectivity index (χ4v) is 2.66. The van der Waals surface area contributed by atoms with Crippen LogP contribution < -0.4 is 5.32 Å². The predicted molar refractivity (Wildman–Crippen MR) is 90.2 cm³/mol. The van der Waals surface area contributed by atoms with E-state index in [1.54, 1.807) is 6.07 Å². The molecule has 1 aliphatic heterocycles. The molecule has 6 heteroatoms. The Morgan fingerprint density at radius 3 is 2.64 bits per heavy atom. The van der Waals surface area contributed by atoms with Gasteiger partial charge in [0.1, 0.15) is 11.9 Å². The largest absolute Gasteiger partial charge is 0.365 e. The zero-order chi connectivity index (χ0) is 16.2. The number of piperazine rings is 1. The molecule has 0 saturated carbocycles. The van der Waals surface area contributed by atoms with Gasteiger partial charge in [0.25, 0.3) is 0 Å². The Hall–Kier alpha value is -1.35. The van der Waals surface area contributed by atoms with Crippen molar-refractivity contribution < 1.29 is 0 Å². The first-order valence-electron chi connectivity index (χ1n) is 7.65. The highest BCUT2D eigenvalue weighted by atomic mass is 35.5. The van der Waals surface area contributed by atoms with Crippen LogP contribution in [0.15, 0.2) is 12.1 Å². The Morgan fingerprint density at radius 2 is 2.00 bits per heavy atom. The molecular weight excluding hydrogens is 298 g/mol. The van der Waals surface area contributed by atoms with Crippen LogP contribution in [0.5, 0.6) is 0 Å². The molecule has 1 aromatic rings. The maximum Gasteiger partial charge on any atom is 0.161 e. The summed E-state index contributed by atoms with van der Waals surface area (Å²) in [6, 6.07) is 5.55. The van der Waals surface area contributed by atoms with Crippen molar-refractivity contribution in [1.82, 2.24) is 14.8 Å². The summed E-state index contributed by atoms with van der Waals surface area (Å²) in [5.74, 6) is 0.698. The zero-order valence-electron chi connectivity index (χ0n) is 13.6. The van der Waals surface area contributed by atoms with E-state index in [-0.39, 0.29) is 11.2 Å². The van der Waals surface area contributed by atoms with E-state index >= 15 is 0 Å². The lowest BCUT2D eigenvalue weighted by Crippen LogP contribution is -2.46. The minimum atomic E-state index is -0.0864. The van der Waals surface area contributed by atoms with Gasteiger partial charge in [0.15, 0.2) is 5.69 Å². The van der Waals surface area contributed by atoms with Crippen molar-refractivity contribution in [3.8, 4) is 6.07 Å². The molecule has 0 bridgehead atoms. The second-order valence-corrected chi connectivity index (χ2v) is 6.95. The second kappa shape index (κ2) is 7.28. The third-order valence-corrected chi connectivity index (χ3v) is 4.37. The molecule has 1 aliphatic rings. The Kier molecular flexibility index (Phi) is 5.63. The molecule has 0 atom stereocenters. The van der Waals surface area contributed by atoms with Gasteiger partial charge in [-0.15, -0.1) is 0 Å². The van der Waals surface area contributed by atoms with Gasteiger partial charge in [-0.3, -0.25) is 0 Å². The highest BCUT2D eigenvalue weighted by Crippen LogP contribution is 2.21. The first kappa shape index (κ1) is 17.0. The van der Waals surface area contributed by atoms with Gasteiger partial charge in [0.2, 0.25) is 0 Å². The van der Waals surface area contributed by atoms with Crippen LogP contribution in [0.25, 0.3) is 0 Å². The summed E-state index contributed by atoms with van der Waals surface area (Å²) in [5.41, 5.74) is 0.179. The molecule has 0 radical (unpaired) electrons. The van der Waals surface area contributed by atoms with Crippen molar-refractivity contribution in [3.63, 3.8) is 0 Å². The number of halogens is 1. The fraction of sp³-hybridized carbons (Fsp3) is 0.625. The molecule has 0 aromatic carbocycles. The van der Waals surface area contributed by atoms with E-state index in [2.05, 4.69) is 41.0 Å². The number of rotatable bonds is 5. The molecule has 0 aliphatic carbocycles. The standard InChI is InChI=1S/C16H24ClN5/c1-16(2,6-7-22-10-8-21(3)9-11-22)20-15-5-4-13(17)14(12-18)19-15/h4-5H,6-11H2,1-3H3,(H,19,20). The molecule has 0 amide bonds. The highest BCUT2D eigenvalue weighted by Gasteiger charge is 2.21. The summed E-state index contributed by atoms with van der Waals surface area (Å²) in [7, 11) is 2.17. The van der Waals surface area contributed by atoms with Crippen LogP contribution in [0.3, 0.4) is 0 Å². The summed E-state index contributed by atoms with van der Waals surface area (Å²) < 4.78 is 0. The van der Waals surface area contributed by atoms with Gasteiger partial charge in [0, 0.05) is 38.3 Å². The van der Waals surface area contributed by atoms with Crippen molar-refractivity contribution in [2.75, 3.05) is 45.1 Å². The molecule has 22 heavy (non-hydrogen) atoms. The number of pyridine rings is 1. The van der Waals surface area contributed by atoms with Crippen molar-refractivity contribution in [1.29, 1.82) is 5.26 Å². The van der Waals surface area contributed by atoms with E-state index in [9.17, 15) is 0 Å².